The number of ether oxygens (including phenoxy) is 2. The molecular formula is C24H32ClN3O3. The topological polar surface area (TPSA) is 59.8 Å². The lowest BCUT2D eigenvalue weighted by Crippen LogP contribution is -2.54. The molecule has 168 valence electrons. The third-order valence-corrected chi connectivity index (χ3v) is 7.88. The summed E-state index contributed by atoms with van der Waals surface area (Å²) in [5, 5.41) is 10.1. The van der Waals surface area contributed by atoms with Crippen molar-refractivity contribution in [3.63, 3.8) is 0 Å². The Morgan fingerprint density at radius 3 is 2.81 bits per heavy atom. The molecule has 6 nitrogen and oxygen atoms in total. The lowest BCUT2D eigenvalue weighted by molar-refractivity contribution is -0.174. The highest BCUT2D eigenvalue weighted by Crippen LogP contribution is 2.55. The first-order valence-corrected chi connectivity index (χ1v) is 11.7. The largest absolute Gasteiger partial charge is 0.487 e. The van der Waals surface area contributed by atoms with Crippen molar-refractivity contribution in [3.05, 3.63) is 47.0 Å². The van der Waals surface area contributed by atoms with Crippen LogP contribution in [0.4, 0.5) is 0 Å². The second-order valence-corrected chi connectivity index (χ2v) is 10.4. The molecule has 0 amide bonds. The summed E-state index contributed by atoms with van der Waals surface area (Å²) in [5.41, 5.74) is 1.06. The SMILES string of the molecule is CC1(C)Oc2ccc(Cl)cc2C2OCC3(CCN(CCn4ccnc4CO)CC3)CC21. The van der Waals surface area contributed by atoms with E-state index < -0.39 is 0 Å². The molecule has 31 heavy (non-hydrogen) atoms. The van der Waals surface area contributed by atoms with Crippen molar-refractivity contribution in [2.75, 3.05) is 26.2 Å². The van der Waals surface area contributed by atoms with Crippen molar-refractivity contribution in [1.29, 1.82) is 0 Å². The van der Waals surface area contributed by atoms with Gasteiger partial charge in [-0.25, -0.2) is 4.98 Å². The Kier molecular flexibility index (Phi) is 5.53. The molecule has 2 aromatic rings. The van der Waals surface area contributed by atoms with Crippen molar-refractivity contribution in [3.8, 4) is 5.75 Å². The van der Waals surface area contributed by atoms with Crippen LogP contribution in [0.2, 0.25) is 5.02 Å². The lowest BCUT2D eigenvalue weighted by Gasteiger charge is -2.54. The number of aliphatic hydroxyl groups excluding tert-OH is 1. The van der Waals surface area contributed by atoms with Gasteiger partial charge in [-0.1, -0.05) is 11.6 Å². The average Bonchev–Trinajstić information content (AvgIpc) is 3.22. The number of fused-ring (bicyclic) bond motifs is 3. The first-order chi connectivity index (χ1) is 14.9. The summed E-state index contributed by atoms with van der Waals surface area (Å²) in [4.78, 5) is 6.72. The predicted octanol–water partition coefficient (Wildman–Crippen LogP) is 4.06. The van der Waals surface area contributed by atoms with E-state index in [9.17, 15) is 5.11 Å². The Bertz CT molecular complexity index is 936. The number of imidazole rings is 1. The van der Waals surface area contributed by atoms with Crippen molar-refractivity contribution >= 4 is 11.6 Å². The first kappa shape index (κ1) is 21.3. The highest BCUT2D eigenvalue weighted by atomic mass is 35.5. The van der Waals surface area contributed by atoms with Crippen LogP contribution in [0.25, 0.3) is 0 Å². The molecule has 1 aromatic heterocycles. The van der Waals surface area contributed by atoms with Crippen molar-refractivity contribution in [1.82, 2.24) is 14.5 Å². The van der Waals surface area contributed by atoms with Gasteiger partial charge in [-0.2, -0.15) is 0 Å². The van der Waals surface area contributed by atoms with Gasteiger partial charge in [-0.05, 0) is 69.8 Å². The van der Waals surface area contributed by atoms with E-state index in [2.05, 4.69) is 23.7 Å². The maximum absolute atomic E-state index is 9.40. The fraction of sp³-hybridized carbons (Fsp3) is 0.625. The molecule has 2 fully saturated rings. The van der Waals surface area contributed by atoms with Crippen LogP contribution in [0.5, 0.6) is 5.75 Å². The van der Waals surface area contributed by atoms with Crippen LogP contribution < -0.4 is 4.74 Å². The quantitative estimate of drug-likeness (QED) is 0.769. The summed E-state index contributed by atoms with van der Waals surface area (Å²) in [6.07, 6.45) is 7.17. The number of likely N-dealkylation sites (tertiary alicyclic amines) is 1. The van der Waals surface area contributed by atoms with Crippen molar-refractivity contribution < 1.29 is 14.6 Å². The molecule has 0 saturated carbocycles. The van der Waals surface area contributed by atoms with Gasteiger partial charge in [0.15, 0.2) is 0 Å². The van der Waals surface area contributed by atoms with Gasteiger partial charge in [-0.3, -0.25) is 0 Å². The van der Waals surface area contributed by atoms with Crippen LogP contribution >= 0.6 is 11.6 Å². The monoisotopic (exact) mass is 445 g/mol. The van der Waals surface area contributed by atoms with E-state index in [0.29, 0.717) is 5.92 Å². The smallest absolute Gasteiger partial charge is 0.134 e. The number of rotatable bonds is 4. The minimum Gasteiger partial charge on any atom is -0.487 e. The van der Waals surface area contributed by atoms with Gasteiger partial charge in [0.05, 0.1) is 12.7 Å². The average molecular weight is 446 g/mol. The van der Waals surface area contributed by atoms with E-state index in [1.165, 1.54) is 0 Å². The number of aromatic nitrogens is 2. The number of halogens is 1. The first-order valence-electron chi connectivity index (χ1n) is 11.3. The van der Waals surface area contributed by atoms with E-state index in [1.54, 1.807) is 6.20 Å². The molecule has 4 heterocycles. The van der Waals surface area contributed by atoms with Crippen LogP contribution in [0.1, 0.15) is 50.6 Å². The summed E-state index contributed by atoms with van der Waals surface area (Å²) in [6.45, 7) is 9.19. The van der Waals surface area contributed by atoms with Gasteiger partial charge in [-0.15, -0.1) is 0 Å². The molecule has 1 spiro atoms. The summed E-state index contributed by atoms with van der Waals surface area (Å²) in [5.74, 6) is 1.96. The van der Waals surface area contributed by atoms with E-state index in [4.69, 9.17) is 21.1 Å². The van der Waals surface area contributed by atoms with Crippen LogP contribution in [-0.4, -0.2) is 51.4 Å². The lowest BCUT2D eigenvalue weighted by atomic mass is 9.64. The van der Waals surface area contributed by atoms with Gasteiger partial charge in [0.25, 0.3) is 0 Å². The van der Waals surface area contributed by atoms with Crippen molar-refractivity contribution in [2.24, 2.45) is 11.3 Å². The molecule has 7 heteroatoms. The van der Waals surface area contributed by atoms with Crippen LogP contribution in [0, 0.1) is 11.3 Å². The summed E-state index contributed by atoms with van der Waals surface area (Å²) in [7, 11) is 0. The van der Waals surface area contributed by atoms with Crippen molar-refractivity contribution in [2.45, 2.75) is 58.0 Å². The standard InChI is InChI=1S/C24H32ClN3O3/c1-23(2)19-14-24(16-30-22(19)18-13-17(25)3-4-20(18)31-23)5-8-27(9-6-24)11-12-28-10-7-26-21(28)15-29/h3-4,7,10,13,19,22,29H,5-6,8-9,11-12,14-16H2,1-2H3. The molecule has 3 aliphatic rings. The van der Waals surface area contributed by atoms with Gasteiger partial charge < -0.3 is 24.0 Å². The fourth-order valence-electron chi connectivity index (χ4n) is 5.67. The maximum atomic E-state index is 9.40. The molecule has 1 N–H and O–H groups in total. The Morgan fingerprint density at radius 2 is 2.03 bits per heavy atom. The van der Waals surface area contributed by atoms with Crippen LogP contribution in [0.3, 0.4) is 0 Å². The van der Waals surface area contributed by atoms with Gasteiger partial charge in [0.1, 0.15) is 23.8 Å². The molecule has 0 bridgehead atoms. The second kappa shape index (κ2) is 8.07. The molecule has 1 aromatic carbocycles. The van der Waals surface area contributed by atoms with Crippen LogP contribution in [-0.2, 0) is 17.9 Å². The summed E-state index contributed by atoms with van der Waals surface area (Å²) in [6, 6.07) is 5.88. The number of hydrogen-bond donors (Lipinski definition) is 1. The van der Waals surface area contributed by atoms with Gasteiger partial charge >= 0.3 is 0 Å². The Balaban J connectivity index is 1.24. The Labute approximate surface area is 189 Å². The predicted molar refractivity (Wildman–Crippen MR) is 119 cm³/mol. The molecule has 0 aliphatic carbocycles. The third kappa shape index (κ3) is 3.99. The van der Waals surface area contributed by atoms with Gasteiger partial charge in [0, 0.05) is 42.0 Å². The second-order valence-electron chi connectivity index (χ2n) is 9.97. The normalized spacial score (nSPS) is 26.8. The zero-order valence-electron chi connectivity index (χ0n) is 18.4. The zero-order valence-corrected chi connectivity index (χ0v) is 19.1. The fourth-order valence-corrected chi connectivity index (χ4v) is 5.85. The summed E-state index contributed by atoms with van der Waals surface area (Å²) >= 11 is 6.29. The maximum Gasteiger partial charge on any atom is 0.134 e. The van der Waals surface area contributed by atoms with E-state index in [1.807, 2.05) is 29.0 Å². The molecule has 2 unspecified atom stereocenters. The minimum atomic E-state index is -0.266. The Hall–Kier alpha value is -1.60. The number of piperidine rings is 1. The van der Waals surface area contributed by atoms with Gasteiger partial charge in [0.2, 0.25) is 0 Å². The Morgan fingerprint density at radius 1 is 1.23 bits per heavy atom. The molecule has 0 radical (unpaired) electrons. The number of hydrogen-bond acceptors (Lipinski definition) is 5. The zero-order chi connectivity index (χ0) is 21.6. The molecule has 2 saturated heterocycles. The third-order valence-electron chi connectivity index (χ3n) is 7.65. The molecular weight excluding hydrogens is 414 g/mol. The number of nitrogens with zero attached hydrogens (tertiary/aromatic N) is 3. The minimum absolute atomic E-state index is 0.0117. The molecule has 2 atom stereocenters. The molecule has 5 rings (SSSR count). The number of aliphatic hydroxyl groups is 1. The number of benzene rings is 1. The summed E-state index contributed by atoms with van der Waals surface area (Å²) < 4.78 is 15.0. The highest BCUT2D eigenvalue weighted by Gasteiger charge is 2.52. The van der Waals surface area contributed by atoms with Crippen LogP contribution in [0.15, 0.2) is 30.6 Å². The molecule has 3 aliphatic heterocycles. The van der Waals surface area contributed by atoms with E-state index in [0.717, 1.165) is 74.2 Å². The van der Waals surface area contributed by atoms with E-state index >= 15 is 0 Å². The van der Waals surface area contributed by atoms with E-state index in [-0.39, 0.29) is 23.7 Å². The highest BCUT2D eigenvalue weighted by molar-refractivity contribution is 6.30.